The second-order valence-corrected chi connectivity index (χ2v) is 52.7. The zero-order valence-corrected chi connectivity index (χ0v) is 66.2. The predicted molar refractivity (Wildman–Crippen MR) is 418 cm³/mol. The summed E-state index contributed by atoms with van der Waals surface area (Å²) in [5.74, 6) is 0.491. The second-order valence-electron chi connectivity index (χ2n) is 29.2. The molecular weight excluding hydrogens is 1290 g/mol. The molecule has 0 N–H and O–H groups in total. The molecule has 0 heterocycles. The molecule has 0 saturated heterocycles. The van der Waals surface area contributed by atoms with Crippen LogP contribution in [0.25, 0.3) is 0 Å². The Morgan fingerprint density at radius 3 is 0.489 bits per heavy atom. The van der Waals surface area contributed by atoms with E-state index < -0.39 is 42.8 Å². The van der Waals surface area contributed by atoms with Crippen LogP contribution in [-0.2, 0) is 0 Å². The van der Waals surface area contributed by atoms with Crippen LogP contribution in [0.4, 0.5) is 11.4 Å². The van der Waals surface area contributed by atoms with Gasteiger partial charge in [0.1, 0.15) is 0 Å². The number of nitrogens with zero attached hydrogens (tertiary/aromatic N) is 2. The molecule has 0 aromatic heterocycles. The fraction of sp³-hybridized carbons (Fsp3) is 0.318. The molecule has 484 valence electrons. The molecular formula is C88H106Ge2N2Si2. The van der Waals surface area contributed by atoms with Crippen molar-refractivity contribution in [2.24, 2.45) is 0 Å². The van der Waals surface area contributed by atoms with Crippen molar-refractivity contribution >= 4 is 54.1 Å². The fourth-order valence-electron chi connectivity index (χ4n) is 17.5. The van der Waals surface area contributed by atoms with E-state index in [-0.39, 0.29) is 35.5 Å². The van der Waals surface area contributed by atoms with Gasteiger partial charge in [-0.2, -0.15) is 0 Å². The van der Waals surface area contributed by atoms with Crippen LogP contribution in [0.3, 0.4) is 0 Å². The van der Waals surface area contributed by atoms with E-state index in [4.69, 9.17) is 0 Å². The molecule has 0 amide bonds. The molecule has 94 heavy (non-hydrogen) atoms. The Kier molecular flexibility index (Phi) is 23.5. The standard InChI is InChI=1S/C88H106Ge2N2Si2/c1-61(2)77-57-79(83(69-41-25-17-26-42-69)70-43-27-18-28-44-70)87(80(58-77)84(71-45-29-19-30-46-71)72-47-31-20-32-48-72)91(93(63(5)6,64(7)8)65(9)10)89-90-92(94(66(11)12,67(13)14)68(15)16)88-81(85(73-49-33-21-34-50-73)74-51-35-22-36-52-74)59-78(62(3)4)60-82(88)86(75-53-37-23-38-54-75)76-55-39-24-40-56-76/h17-68,83-86,89-90H,1-16H3/b90-89+. The molecule has 0 aliphatic rings. The van der Waals surface area contributed by atoms with Crippen molar-refractivity contribution in [2.45, 2.75) is 180 Å². The van der Waals surface area contributed by atoms with Crippen molar-refractivity contribution in [1.82, 2.24) is 0 Å². The Labute approximate surface area is 581 Å². The number of anilines is 2. The van der Waals surface area contributed by atoms with Crippen molar-refractivity contribution in [3.05, 3.63) is 345 Å². The van der Waals surface area contributed by atoms with Crippen LogP contribution in [0.2, 0.25) is 33.2 Å². The summed E-state index contributed by atoms with van der Waals surface area (Å²) in [6.45, 7) is 41.6. The molecule has 0 bridgehead atoms. The van der Waals surface area contributed by atoms with E-state index >= 15 is 0 Å². The first-order valence-electron chi connectivity index (χ1n) is 35.4. The summed E-state index contributed by atoms with van der Waals surface area (Å²) in [7, 11) is -5.37. The van der Waals surface area contributed by atoms with Gasteiger partial charge in [-0.3, -0.25) is 0 Å². The quantitative estimate of drug-likeness (QED) is 0.0394. The maximum atomic E-state index is 3.48. The number of rotatable bonds is 26. The van der Waals surface area contributed by atoms with Crippen LogP contribution >= 0.6 is 0 Å². The van der Waals surface area contributed by atoms with Gasteiger partial charge in [0.2, 0.25) is 0 Å². The summed E-state index contributed by atoms with van der Waals surface area (Å²) in [6.07, 6.45) is 0. The summed E-state index contributed by atoms with van der Waals surface area (Å²) >= 11 is -3.12. The van der Waals surface area contributed by atoms with Crippen LogP contribution < -0.4 is 7.05 Å². The number of hydrogen-bond acceptors (Lipinski definition) is 2. The van der Waals surface area contributed by atoms with Gasteiger partial charge in [-0.05, 0) is 0 Å². The van der Waals surface area contributed by atoms with Crippen LogP contribution in [0.5, 0.6) is 0 Å². The summed E-state index contributed by atoms with van der Waals surface area (Å²) in [5.41, 5.74) is 25.2. The summed E-state index contributed by atoms with van der Waals surface area (Å²) in [5, 5.41) is 0. The third-order valence-electron chi connectivity index (χ3n) is 21.3. The third kappa shape index (κ3) is 14.3. The van der Waals surface area contributed by atoms with E-state index in [0.717, 1.165) is 0 Å². The Bertz CT molecular complexity index is 3330. The van der Waals surface area contributed by atoms with Crippen LogP contribution in [0.15, 0.2) is 267 Å². The molecule has 0 unspecified atom stereocenters. The van der Waals surface area contributed by atoms with E-state index in [1.807, 2.05) is 0 Å². The van der Waals surface area contributed by atoms with Gasteiger partial charge in [-0.15, -0.1) is 0 Å². The van der Waals surface area contributed by atoms with Crippen LogP contribution in [-0.4, -0.2) is 42.8 Å². The molecule has 0 spiro atoms. The minimum absolute atomic E-state index is 0.0215. The van der Waals surface area contributed by atoms with Gasteiger partial charge in [0.05, 0.1) is 0 Å². The monoisotopic (exact) mass is 1390 g/mol. The van der Waals surface area contributed by atoms with Crippen molar-refractivity contribution in [3.8, 4) is 0 Å². The van der Waals surface area contributed by atoms with Gasteiger partial charge in [0.15, 0.2) is 0 Å². The third-order valence-corrected chi connectivity index (χ3v) is 58.7. The first kappa shape index (κ1) is 70.1. The molecule has 0 fully saturated rings. The Morgan fingerprint density at radius 1 is 0.213 bits per heavy atom. The molecule has 0 saturated carbocycles. The predicted octanol–water partition coefficient (Wildman–Crippen LogP) is 23.9. The molecule has 2 nitrogen and oxygen atoms in total. The molecule has 10 aromatic carbocycles. The Morgan fingerprint density at radius 2 is 0.362 bits per heavy atom. The molecule has 0 aliphatic carbocycles. The van der Waals surface area contributed by atoms with Crippen molar-refractivity contribution in [1.29, 1.82) is 0 Å². The van der Waals surface area contributed by atoms with Crippen molar-refractivity contribution < 1.29 is 0 Å². The van der Waals surface area contributed by atoms with Gasteiger partial charge in [0, 0.05) is 0 Å². The molecule has 0 radical (unpaired) electrons. The van der Waals surface area contributed by atoms with Crippen molar-refractivity contribution in [2.75, 3.05) is 7.05 Å². The Balaban J connectivity index is 1.48. The average molecular weight is 1390 g/mol. The number of hydrogen-bond donors (Lipinski definition) is 0. The SMILES string of the molecule is CC(C)c1cc(C(c2ccccc2)c2ccccc2)c([N](/[GeH]=[GeH]/[N](c2c(C(c3ccccc3)c3ccccc3)cc(C(C)C)cc2C(c2ccccc2)c2ccccc2)[Si](C(C)C)(C(C)C)C(C)C)[Si](C(C)C)(C(C)C)C(C)C)c(C(c2ccccc2)c2ccccc2)c1. The average Bonchev–Trinajstić information content (AvgIpc) is 0.727. The van der Waals surface area contributed by atoms with E-state index in [1.165, 1.54) is 77.9 Å². The zero-order valence-electron chi connectivity index (χ0n) is 59.4. The fourth-order valence-corrected chi connectivity index (χ4v) is 74.2. The van der Waals surface area contributed by atoms with Gasteiger partial charge >= 0.3 is 586 Å². The van der Waals surface area contributed by atoms with E-state index in [1.54, 1.807) is 11.4 Å². The van der Waals surface area contributed by atoms with Crippen molar-refractivity contribution in [3.63, 3.8) is 0 Å². The molecule has 10 aromatic rings. The van der Waals surface area contributed by atoms with E-state index in [9.17, 15) is 0 Å². The van der Waals surface area contributed by atoms with Gasteiger partial charge in [-0.25, -0.2) is 0 Å². The minimum atomic E-state index is -2.68. The van der Waals surface area contributed by atoms with Crippen LogP contribution in [0.1, 0.15) is 224 Å². The summed E-state index contributed by atoms with van der Waals surface area (Å²) in [4.78, 5) is 0. The first-order chi connectivity index (χ1) is 45.3. The van der Waals surface area contributed by atoms with Gasteiger partial charge in [-0.1, -0.05) is 0 Å². The topological polar surface area (TPSA) is 6.48 Å². The van der Waals surface area contributed by atoms with Gasteiger partial charge in [0.25, 0.3) is 0 Å². The summed E-state index contributed by atoms with van der Waals surface area (Å²) in [6, 6.07) is 104. The van der Waals surface area contributed by atoms with E-state index in [2.05, 4.69) is 385 Å². The number of benzene rings is 10. The Hall–Kier alpha value is -6.68. The molecule has 0 atom stereocenters. The maximum absolute atomic E-state index is 3.48. The second kappa shape index (κ2) is 31.5. The zero-order chi connectivity index (χ0) is 66.8. The van der Waals surface area contributed by atoms with Crippen LogP contribution in [0, 0.1) is 0 Å². The summed E-state index contributed by atoms with van der Waals surface area (Å²) < 4.78 is 6.96. The molecule has 6 heteroatoms. The molecule has 10 rings (SSSR count). The normalized spacial score (nSPS) is 12.5. The van der Waals surface area contributed by atoms with E-state index in [0.29, 0.717) is 33.2 Å². The van der Waals surface area contributed by atoms with Gasteiger partial charge < -0.3 is 0 Å². The molecule has 0 aliphatic heterocycles. The first-order valence-corrected chi connectivity index (χ1v) is 50.5.